The van der Waals surface area contributed by atoms with Crippen molar-refractivity contribution in [3.63, 3.8) is 0 Å². The van der Waals surface area contributed by atoms with E-state index in [1.54, 1.807) is 0 Å². The van der Waals surface area contributed by atoms with E-state index in [4.69, 9.17) is 28.4 Å². The first kappa shape index (κ1) is 31.1. The standard InChI is InChI=1S/C37H42O6/c1-37(2)42-35(33(40-25-31-19-11-5-12-20-31)27-38-23-29-15-7-3-8-16-29)36(43-37)34(41-26-32-21-13-6-14-22-32)28-39-24-30-17-9-4-10-18-30/h3-22,33-36H,23-28H2,1-2H3/t33-,34-,35-,36-/m1/s1. The summed E-state index contributed by atoms with van der Waals surface area (Å²) < 4.78 is 38.6. The fourth-order valence-electron chi connectivity index (χ4n) is 5.16. The highest BCUT2D eigenvalue weighted by Gasteiger charge is 2.49. The minimum absolute atomic E-state index is 0.332. The maximum atomic E-state index is 6.55. The van der Waals surface area contributed by atoms with Crippen molar-refractivity contribution in [3.05, 3.63) is 144 Å². The van der Waals surface area contributed by atoms with Gasteiger partial charge < -0.3 is 28.4 Å². The molecule has 6 nitrogen and oxygen atoms in total. The van der Waals surface area contributed by atoms with Crippen LogP contribution < -0.4 is 0 Å². The van der Waals surface area contributed by atoms with Crippen molar-refractivity contribution in [2.45, 2.75) is 70.5 Å². The largest absolute Gasteiger partial charge is 0.374 e. The Labute approximate surface area is 255 Å². The first-order valence-electron chi connectivity index (χ1n) is 15.0. The van der Waals surface area contributed by atoms with Crippen molar-refractivity contribution in [2.24, 2.45) is 0 Å². The molecule has 6 heteroatoms. The average molecular weight is 583 g/mol. The van der Waals surface area contributed by atoms with E-state index in [0.717, 1.165) is 22.3 Å². The van der Waals surface area contributed by atoms with Gasteiger partial charge in [-0.25, -0.2) is 0 Å². The van der Waals surface area contributed by atoms with Gasteiger partial charge in [-0.05, 0) is 36.1 Å². The second kappa shape index (κ2) is 15.9. The molecule has 4 aromatic carbocycles. The van der Waals surface area contributed by atoms with Gasteiger partial charge >= 0.3 is 0 Å². The average Bonchev–Trinajstić information content (AvgIpc) is 3.37. The molecule has 4 atom stereocenters. The van der Waals surface area contributed by atoms with E-state index < -0.39 is 30.2 Å². The molecule has 1 heterocycles. The molecule has 4 aromatic rings. The predicted molar refractivity (Wildman–Crippen MR) is 166 cm³/mol. The highest BCUT2D eigenvalue weighted by Crippen LogP contribution is 2.35. The minimum Gasteiger partial charge on any atom is -0.374 e. The molecule has 0 aliphatic carbocycles. The zero-order valence-corrected chi connectivity index (χ0v) is 25.0. The first-order chi connectivity index (χ1) is 21.1. The molecule has 0 spiro atoms. The van der Waals surface area contributed by atoms with E-state index in [-0.39, 0.29) is 0 Å². The van der Waals surface area contributed by atoms with E-state index >= 15 is 0 Å². The number of benzene rings is 4. The van der Waals surface area contributed by atoms with Crippen LogP contribution >= 0.6 is 0 Å². The molecule has 1 aliphatic heterocycles. The summed E-state index contributed by atoms with van der Waals surface area (Å²) in [6.45, 7) is 6.32. The van der Waals surface area contributed by atoms with Crippen molar-refractivity contribution in [3.8, 4) is 0 Å². The predicted octanol–water partition coefficient (Wildman–Crippen LogP) is 7.11. The van der Waals surface area contributed by atoms with Crippen LogP contribution in [0.5, 0.6) is 0 Å². The van der Waals surface area contributed by atoms with Gasteiger partial charge in [-0.2, -0.15) is 0 Å². The van der Waals surface area contributed by atoms with Crippen LogP contribution in [0.1, 0.15) is 36.1 Å². The third-order valence-electron chi connectivity index (χ3n) is 7.30. The van der Waals surface area contributed by atoms with Gasteiger partial charge in [0.1, 0.15) is 24.4 Å². The number of hydrogen-bond donors (Lipinski definition) is 0. The van der Waals surface area contributed by atoms with Crippen LogP contribution in [0.2, 0.25) is 0 Å². The molecule has 0 bridgehead atoms. The molecule has 0 radical (unpaired) electrons. The Morgan fingerprint density at radius 2 is 0.791 bits per heavy atom. The lowest BCUT2D eigenvalue weighted by Crippen LogP contribution is -2.47. The second-order valence-corrected chi connectivity index (χ2v) is 11.2. The van der Waals surface area contributed by atoms with Crippen molar-refractivity contribution in [1.82, 2.24) is 0 Å². The molecule has 1 aliphatic rings. The molecule has 0 saturated carbocycles. The summed E-state index contributed by atoms with van der Waals surface area (Å²) in [5, 5.41) is 0. The third-order valence-corrected chi connectivity index (χ3v) is 7.30. The Bertz CT molecular complexity index is 1210. The molecule has 1 saturated heterocycles. The van der Waals surface area contributed by atoms with Gasteiger partial charge in [0.2, 0.25) is 0 Å². The van der Waals surface area contributed by atoms with Crippen molar-refractivity contribution >= 4 is 0 Å². The molecule has 43 heavy (non-hydrogen) atoms. The van der Waals surface area contributed by atoms with Gasteiger partial charge in [0.15, 0.2) is 5.79 Å². The van der Waals surface area contributed by atoms with Crippen molar-refractivity contribution in [1.29, 1.82) is 0 Å². The fourth-order valence-corrected chi connectivity index (χ4v) is 5.16. The van der Waals surface area contributed by atoms with E-state index in [9.17, 15) is 0 Å². The summed E-state index contributed by atoms with van der Waals surface area (Å²) in [6.07, 6.45) is -1.72. The zero-order valence-electron chi connectivity index (χ0n) is 25.0. The van der Waals surface area contributed by atoms with Gasteiger partial charge in [0.25, 0.3) is 0 Å². The summed E-state index contributed by atoms with van der Waals surface area (Å²) in [7, 11) is 0. The summed E-state index contributed by atoms with van der Waals surface area (Å²) in [5.74, 6) is -0.836. The van der Waals surface area contributed by atoms with Crippen LogP contribution in [-0.2, 0) is 54.8 Å². The van der Waals surface area contributed by atoms with E-state index in [0.29, 0.717) is 39.6 Å². The monoisotopic (exact) mass is 582 g/mol. The lowest BCUT2D eigenvalue weighted by molar-refractivity contribution is -0.172. The quantitative estimate of drug-likeness (QED) is 0.140. The SMILES string of the molecule is CC1(C)O[C@H]([C@@H](COCc2ccccc2)OCc2ccccc2)[C@@H]([C@@H](COCc2ccccc2)OCc2ccccc2)O1. The molecule has 5 rings (SSSR count). The van der Waals surface area contributed by atoms with Crippen LogP contribution in [0.3, 0.4) is 0 Å². The summed E-state index contributed by atoms with van der Waals surface area (Å²) in [6, 6.07) is 40.5. The topological polar surface area (TPSA) is 55.4 Å². The minimum atomic E-state index is -0.836. The van der Waals surface area contributed by atoms with E-state index in [1.807, 2.05) is 86.6 Å². The maximum absolute atomic E-state index is 6.55. The van der Waals surface area contributed by atoms with Crippen LogP contribution in [0.25, 0.3) is 0 Å². The van der Waals surface area contributed by atoms with Crippen LogP contribution in [0, 0.1) is 0 Å². The number of ether oxygens (including phenoxy) is 6. The molecule has 0 amide bonds. The highest BCUT2D eigenvalue weighted by atomic mass is 16.8. The Balaban J connectivity index is 1.34. The smallest absolute Gasteiger partial charge is 0.164 e. The summed E-state index contributed by atoms with van der Waals surface area (Å²) >= 11 is 0. The number of hydrogen-bond acceptors (Lipinski definition) is 6. The molecule has 0 aromatic heterocycles. The maximum Gasteiger partial charge on any atom is 0.164 e. The van der Waals surface area contributed by atoms with Gasteiger partial charge in [0, 0.05) is 0 Å². The van der Waals surface area contributed by atoms with Crippen molar-refractivity contribution in [2.75, 3.05) is 13.2 Å². The molecule has 1 fully saturated rings. The Hall–Kier alpha value is -3.36. The van der Waals surface area contributed by atoms with Gasteiger partial charge in [-0.15, -0.1) is 0 Å². The molecule has 0 N–H and O–H groups in total. The van der Waals surface area contributed by atoms with Gasteiger partial charge in [-0.3, -0.25) is 0 Å². The summed E-state index contributed by atoms with van der Waals surface area (Å²) in [4.78, 5) is 0. The Morgan fingerprint density at radius 1 is 0.488 bits per heavy atom. The third kappa shape index (κ3) is 9.83. The molecular formula is C37H42O6. The number of rotatable bonds is 16. The van der Waals surface area contributed by atoms with E-state index in [1.165, 1.54) is 0 Å². The lowest BCUT2D eigenvalue weighted by Gasteiger charge is -2.31. The second-order valence-electron chi connectivity index (χ2n) is 11.2. The van der Waals surface area contributed by atoms with E-state index in [2.05, 4.69) is 48.5 Å². The summed E-state index contributed by atoms with van der Waals surface area (Å²) in [5.41, 5.74) is 4.35. The Kier molecular flexibility index (Phi) is 11.5. The highest BCUT2D eigenvalue weighted by molar-refractivity contribution is 5.16. The molecular weight excluding hydrogens is 540 g/mol. The lowest BCUT2D eigenvalue weighted by atomic mass is 10.0. The fraction of sp³-hybridized carbons (Fsp3) is 0.351. The van der Waals surface area contributed by atoms with Gasteiger partial charge in [0.05, 0.1) is 39.6 Å². The molecule has 0 unspecified atom stereocenters. The van der Waals surface area contributed by atoms with Crippen LogP contribution in [-0.4, -0.2) is 43.4 Å². The van der Waals surface area contributed by atoms with Crippen LogP contribution in [0.15, 0.2) is 121 Å². The molecule has 226 valence electrons. The normalized spacial score (nSPS) is 19.2. The Morgan fingerprint density at radius 3 is 1.12 bits per heavy atom. The van der Waals surface area contributed by atoms with Crippen LogP contribution in [0.4, 0.5) is 0 Å². The zero-order chi connectivity index (χ0) is 29.7. The van der Waals surface area contributed by atoms with Gasteiger partial charge in [-0.1, -0.05) is 121 Å². The first-order valence-corrected chi connectivity index (χ1v) is 15.0. The van der Waals surface area contributed by atoms with Crippen molar-refractivity contribution < 1.29 is 28.4 Å².